The highest BCUT2D eigenvalue weighted by molar-refractivity contribution is 4.77. The van der Waals surface area contributed by atoms with Gasteiger partial charge in [-0.2, -0.15) is 0 Å². The maximum Gasteiger partial charge on any atom is 0.0648 e. The molecule has 0 saturated heterocycles. The standard InChI is InChI=1S/C10H19NO/c1-3-8-12-10-6-4-9(11-2)5-7-10/h3,9-11H,1,4-8H2,2H3/t9-,10-. The van der Waals surface area contributed by atoms with E-state index in [1.54, 1.807) is 0 Å². The third-order valence-electron chi connectivity index (χ3n) is 2.53. The van der Waals surface area contributed by atoms with Crippen molar-refractivity contribution in [3.8, 4) is 0 Å². The first-order valence-corrected chi connectivity index (χ1v) is 4.76. The summed E-state index contributed by atoms with van der Waals surface area (Å²) < 4.78 is 5.58. The normalized spacial score (nSPS) is 30.1. The molecule has 1 saturated carbocycles. The van der Waals surface area contributed by atoms with Gasteiger partial charge in [-0.15, -0.1) is 6.58 Å². The van der Waals surface area contributed by atoms with Crippen molar-refractivity contribution in [3.05, 3.63) is 12.7 Å². The van der Waals surface area contributed by atoms with Crippen molar-refractivity contribution >= 4 is 0 Å². The predicted molar refractivity (Wildman–Crippen MR) is 51.3 cm³/mol. The minimum Gasteiger partial charge on any atom is -0.374 e. The van der Waals surface area contributed by atoms with Crippen LogP contribution in [0.4, 0.5) is 0 Å². The molecule has 70 valence electrons. The van der Waals surface area contributed by atoms with Gasteiger partial charge in [-0.25, -0.2) is 0 Å². The van der Waals surface area contributed by atoms with Crippen molar-refractivity contribution in [1.82, 2.24) is 5.32 Å². The summed E-state index contributed by atoms with van der Waals surface area (Å²) in [4.78, 5) is 0. The van der Waals surface area contributed by atoms with Crippen molar-refractivity contribution < 1.29 is 4.74 Å². The van der Waals surface area contributed by atoms with Crippen LogP contribution in [0.3, 0.4) is 0 Å². The number of rotatable bonds is 4. The molecule has 0 radical (unpaired) electrons. The molecule has 2 nitrogen and oxygen atoms in total. The van der Waals surface area contributed by atoms with Crippen molar-refractivity contribution in [2.24, 2.45) is 0 Å². The van der Waals surface area contributed by atoms with Gasteiger partial charge in [0.15, 0.2) is 0 Å². The van der Waals surface area contributed by atoms with Crippen LogP contribution in [0.15, 0.2) is 12.7 Å². The number of nitrogens with one attached hydrogen (secondary N) is 1. The van der Waals surface area contributed by atoms with Crippen molar-refractivity contribution in [2.75, 3.05) is 13.7 Å². The lowest BCUT2D eigenvalue weighted by molar-refractivity contribution is 0.0404. The van der Waals surface area contributed by atoms with E-state index in [9.17, 15) is 0 Å². The number of hydrogen-bond acceptors (Lipinski definition) is 2. The zero-order valence-corrected chi connectivity index (χ0v) is 7.88. The highest BCUT2D eigenvalue weighted by Gasteiger charge is 2.19. The molecule has 0 heterocycles. The number of ether oxygens (including phenoxy) is 1. The Balaban J connectivity index is 2.12. The fraction of sp³-hybridized carbons (Fsp3) is 0.800. The maximum atomic E-state index is 5.58. The molecule has 1 N–H and O–H groups in total. The molecule has 0 aliphatic heterocycles. The van der Waals surface area contributed by atoms with Crippen LogP contribution in [-0.4, -0.2) is 25.8 Å². The smallest absolute Gasteiger partial charge is 0.0648 e. The van der Waals surface area contributed by atoms with Crippen LogP contribution in [0.25, 0.3) is 0 Å². The minimum absolute atomic E-state index is 0.479. The first-order valence-electron chi connectivity index (χ1n) is 4.76. The van der Waals surface area contributed by atoms with E-state index in [1.807, 2.05) is 13.1 Å². The van der Waals surface area contributed by atoms with E-state index in [0.717, 1.165) is 0 Å². The first kappa shape index (κ1) is 9.75. The highest BCUT2D eigenvalue weighted by Crippen LogP contribution is 2.20. The van der Waals surface area contributed by atoms with Crippen LogP contribution >= 0.6 is 0 Å². The van der Waals surface area contributed by atoms with Gasteiger partial charge < -0.3 is 10.1 Å². The van der Waals surface area contributed by atoms with Crippen LogP contribution in [0.1, 0.15) is 25.7 Å². The van der Waals surface area contributed by atoms with Crippen LogP contribution in [0.5, 0.6) is 0 Å². The second-order valence-electron chi connectivity index (χ2n) is 3.38. The monoisotopic (exact) mass is 169 g/mol. The lowest BCUT2D eigenvalue weighted by atomic mass is 9.93. The topological polar surface area (TPSA) is 21.3 Å². The lowest BCUT2D eigenvalue weighted by Gasteiger charge is -2.27. The Bertz CT molecular complexity index is 128. The molecule has 2 heteroatoms. The molecule has 0 aromatic heterocycles. The Morgan fingerprint density at radius 2 is 2.08 bits per heavy atom. The van der Waals surface area contributed by atoms with Crippen molar-refractivity contribution in [3.63, 3.8) is 0 Å². The van der Waals surface area contributed by atoms with Gasteiger partial charge >= 0.3 is 0 Å². The quantitative estimate of drug-likeness (QED) is 0.647. The summed E-state index contributed by atoms with van der Waals surface area (Å²) in [6.07, 6.45) is 7.19. The van der Waals surface area contributed by atoms with Gasteiger partial charge in [0.1, 0.15) is 0 Å². The molecule has 0 unspecified atom stereocenters. The maximum absolute atomic E-state index is 5.58. The average Bonchev–Trinajstić information content (AvgIpc) is 2.15. The van der Waals surface area contributed by atoms with E-state index in [0.29, 0.717) is 18.8 Å². The van der Waals surface area contributed by atoms with Gasteiger partial charge in [-0.1, -0.05) is 6.08 Å². The highest BCUT2D eigenvalue weighted by atomic mass is 16.5. The minimum atomic E-state index is 0.479. The van der Waals surface area contributed by atoms with E-state index < -0.39 is 0 Å². The van der Waals surface area contributed by atoms with Gasteiger partial charge in [-0.05, 0) is 32.7 Å². The second-order valence-corrected chi connectivity index (χ2v) is 3.38. The third-order valence-corrected chi connectivity index (χ3v) is 2.53. The summed E-state index contributed by atoms with van der Waals surface area (Å²) in [7, 11) is 2.04. The Kier molecular flexibility index (Phi) is 4.33. The van der Waals surface area contributed by atoms with Crippen LogP contribution in [0, 0.1) is 0 Å². The predicted octanol–water partition coefficient (Wildman–Crippen LogP) is 1.72. The van der Waals surface area contributed by atoms with Gasteiger partial charge in [0.25, 0.3) is 0 Å². The molecule has 0 aromatic rings. The summed E-state index contributed by atoms with van der Waals surface area (Å²) in [6, 6.07) is 0.716. The molecule has 1 aliphatic rings. The molecule has 1 rings (SSSR count). The molecule has 0 amide bonds. The van der Waals surface area contributed by atoms with Gasteiger partial charge in [0.05, 0.1) is 12.7 Å². The molecule has 0 bridgehead atoms. The lowest BCUT2D eigenvalue weighted by Crippen LogP contribution is -2.32. The van der Waals surface area contributed by atoms with E-state index in [4.69, 9.17) is 4.74 Å². The average molecular weight is 169 g/mol. The van der Waals surface area contributed by atoms with Crippen molar-refractivity contribution in [1.29, 1.82) is 0 Å². The molecule has 0 spiro atoms. The second kappa shape index (κ2) is 5.33. The number of hydrogen-bond donors (Lipinski definition) is 1. The molecule has 1 aliphatic carbocycles. The summed E-state index contributed by atoms with van der Waals surface area (Å²) in [6.45, 7) is 4.34. The fourth-order valence-electron chi connectivity index (χ4n) is 1.72. The Morgan fingerprint density at radius 3 is 2.58 bits per heavy atom. The van der Waals surface area contributed by atoms with Gasteiger partial charge in [0.2, 0.25) is 0 Å². The van der Waals surface area contributed by atoms with Gasteiger partial charge in [0, 0.05) is 6.04 Å². The summed E-state index contributed by atoms with van der Waals surface area (Å²) in [5, 5.41) is 3.30. The van der Waals surface area contributed by atoms with Crippen LogP contribution < -0.4 is 5.32 Å². The molecular weight excluding hydrogens is 150 g/mol. The van der Waals surface area contributed by atoms with E-state index in [1.165, 1.54) is 25.7 Å². The molecule has 1 fully saturated rings. The van der Waals surface area contributed by atoms with Crippen LogP contribution in [-0.2, 0) is 4.74 Å². The third kappa shape index (κ3) is 2.95. The summed E-state index contributed by atoms with van der Waals surface area (Å²) in [5.74, 6) is 0. The summed E-state index contributed by atoms with van der Waals surface area (Å²) in [5.41, 5.74) is 0. The molecule has 0 atom stereocenters. The Hall–Kier alpha value is -0.340. The Morgan fingerprint density at radius 1 is 1.42 bits per heavy atom. The van der Waals surface area contributed by atoms with E-state index in [2.05, 4.69) is 11.9 Å². The fourth-order valence-corrected chi connectivity index (χ4v) is 1.72. The van der Waals surface area contributed by atoms with Crippen LogP contribution in [0.2, 0.25) is 0 Å². The van der Waals surface area contributed by atoms with Crippen molar-refractivity contribution in [2.45, 2.75) is 37.8 Å². The zero-order valence-electron chi connectivity index (χ0n) is 7.88. The van der Waals surface area contributed by atoms with E-state index in [-0.39, 0.29) is 0 Å². The largest absolute Gasteiger partial charge is 0.374 e. The SMILES string of the molecule is C=CCO[C@H]1CC[C@H](NC)CC1. The molecule has 12 heavy (non-hydrogen) atoms. The zero-order chi connectivity index (χ0) is 8.81. The first-order chi connectivity index (χ1) is 5.86. The van der Waals surface area contributed by atoms with Gasteiger partial charge in [-0.3, -0.25) is 0 Å². The molecular formula is C10H19NO. The Labute approximate surface area is 75.0 Å². The summed E-state index contributed by atoms with van der Waals surface area (Å²) >= 11 is 0. The van der Waals surface area contributed by atoms with E-state index >= 15 is 0 Å². The molecule has 0 aromatic carbocycles.